The Hall–Kier alpha value is -1.14. The minimum Gasteiger partial charge on any atom is -0.235 e. The van der Waals surface area contributed by atoms with Crippen LogP contribution in [0.3, 0.4) is 0 Å². The number of nitrogens with zero attached hydrogens (tertiary/aromatic N) is 2. The van der Waals surface area contributed by atoms with Crippen LogP contribution in [0.25, 0.3) is 10.7 Å². The Morgan fingerprint density at radius 1 is 1.47 bits per heavy atom. The third kappa shape index (κ3) is 1.82. The highest BCUT2D eigenvalue weighted by Gasteiger charge is 2.15. The predicted octanol–water partition coefficient (Wildman–Crippen LogP) is 1.73. The summed E-state index contributed by atoms with van der Waals surface area (Å²) in [6.45, 7) is 1.94. The van der Waals surface area contributed by atoms with Crippen molar-refractivity contribution in [3.05, 3.63) is 29.4 Å². The molecule has 6 heteroatoms. The maximum Gasteiger partial charge on any atom is 0.237 e. The van der Waals surface area contributed by atoms with Crippen LogP contribution < -0.4 is 0 Å². The number of imidazole rings is 1. The molecule has 0 unspecified atom stereocenters. The summed E-state index contributed by atoms with van der Waals surface area (Å²) >= 11 is 1.49. The van der Waals surface area contributed by atoms with E-state index in [1.54, 1.807) is 0 Å². The molecule has 0 saturated heterocycles. The largest absolute Gasteiger partial charge is 0.237 e. The molecule has 0 fully saturated rings. The second-order valence-electron chi connectivity index (χ2n) is 3.24. The van der Waals surface area contributed by atoms with Crippen LogP contribution in [-0.4, -0.2) is 23.6 Å². The third-order valence-corrected chi connectivity index (χ3v) is 4.05. The molecule has 0 aromatic carbocycles. The fourth-order valence-electron chi connectivity index (χ4n) is 1.32. The Kier molecular flexibility index (Phi) is 2.40. The Bertz CT molecular complexity index is 581. The molecule has 0 saturated carbocycles. The average Bonchev–Trinajstić information content (AvgIpc) is 2.69. The van der Waals surface area contributed by atoms with Crippen LogP contribution in [0, 0.1) is 6.92 Å². The Labute approximate surface area is 92.3 Å². The van der Waals surface area contributed by atoms with Gasteiger partial charge in [-0.15, -0.1) is 11.3 Å². The fourth-order valence-corrected chi connectivity index (χ4v) is 3.02. The molecule has 2 rings (SSSR count). The molecule has 0 radical (unpaired) electrons. The summed E-state index contributed by atoms with van der Waals surface area (Å²) < 4.78 is 24.1. The van der Waals surface area contributed by atoms with Crippen LogP contribution in [-0.2, 0) is 10.0 Å². The number of hydrogen-bond donors (Lipinski definition) is 0. The highest BCUT2D eigenvalue weighted by molar-refractivity contribution is 7.89. The van der Waals surface area contributed by atoms with Crippen LogP contribution >= 0.6 is 11.3 Å². The fraction of sp³-hybridized carbons (Fsp3) is 0.222. The summed E-state index contributed by atoms with van der Waals surface area (Å²) in [7, 11) is -3.27. The number of hydrogen-bond acceptors (Lipinski definition) is 4. The van der Waals surface area contributed by atoms with E-state index in [0.717, 1.165) is 10.4 Å². The van der Waals surface area contributed by atoms with Gasteiger partial charge in [0, 0.05) is 12.4 Å². The lowest BCUT2D eigenvalue weighted by Crippen LogP contribution is -2.10. The zero-order chi connectivity index (χ0) is 11.1. The predicted molar refractivity (Wildman–Crippen MR) is 60.5 cm³/mol. The first-order valence-electron chi connectivity index (χ1n) is 4.28. The summed E-state index contributed by atoms with van der Waals surface area (Å²) in [5.74, 6) is 0.491. The molecule has 0 aliphatic heterocycles. The van der Waals surface area contributed by atoms with E-state index >= 15 is 0 Å². The molecule has 2 heterocycles. The lowest BCUT2D eigenvalue weighted by atomic mass is 10.3. The first-order valence-corrected chi connectivity index (χ1v) is 7.01. The zero-order valence-electron chi connectivity index (χ0n) is 8.34. The highest BCUT2D eigenvalue weighted by Crippen LogP contribution is 2.28. The van der Waals surface area contributed by atoms with E-state index in [0.29, 0.717) is 5.82 Å². The van der Waals surface area contributed by atoms with Gasteiger partial charge in [0.1, 0.15) is 0 Å². The van der Waals surface area contributed by atoms with E-state index in [2.05, 4.69) is 4.98 Å². The molecule has 2 aromatic rings. The maximum atomic E-state index is 11.4. The van der Waals surface area contributed by atoms with Crippen LogP contribution in [0.4, 0.5) is 0 Å². The van der Waals surface area contributed by atoms with Gasteiger partial charge in [0.2, 0.25) is 10.0 Å². The van der Waals surface area contributed by atoms with E-state index in [-0.39, 0.29) is 0 Å². The quantitative estimate of drug-likeness (QED) is 0.806. The standard InChI is InChI=1S/C9H10N2O2S2/c1-7-3-6-14-8(7)9-10-4-5-11(9)15(2,12)13/h3-6H,1-2H3. The topological polar surface area (TPSA) is 52.0 Å². The molecule has 2 aromatic heterocycles. The minimum atomic E-state index is -3.27. The summed E-state index contributed by atoms with van der Waals surface area (Å²) in [4.78, 5) is 4.97. The van der Waals surface area contributed by atoms with E-state index in [4.69, 9.17) is 0 Å². The van der Waals surface area contributed by atoms with Crippen LogP contribution in [0.5, 0.6) is 0 Å². The van der Waals surface area contributed by atoms with E-state index < -0.39 is 10.0 Å². The molecule has 0 spiro atoms. The molecule has 0 amide bonds. The highest BCUT2D eigenvalue weighted by atomic mass is 32.2. The average molecular weight is 242 g/mol. The van der Waals surface area contributed by atoms with Gasteiger partial charge in [-0.2, -0.15) is 0 Å². The molecule has 4 nitrogen and oxygen atoms in total. The molecule has 0 aliphatic carbocycles. The molecule has 0 aliphatic rings. The Balaban J connectivity index is 2.66. The van der Waals surface area contributed by atoms with Gasteiger partial charge in [0.25, 0.3) is 0 Å². The summed E-state index contributed by atoms with van der Waals surface area (Å²) in [6, 6.07) is 1.95. The van der Waals surface area contributed by atoms with E-state index in [1.807, 2.05) is 18.4 Å². The summed E-state index contributed by atoms with van der Waals surface area (Å²) in [5, 5.41) is 1.92. The van der Waals surface area contributed by atoms with Crippen molar-refractivity contribution in [3.8, 4) is 10.7 Å². The van der Waals surface area contributed by atoms with Gasteiger partial charge in [-0.25, -0.2) is 17.4 Å². The van der Waals surface area contributed by atoms with Gasteiger partial charge in [-0.1, -0.05) is 0 Å². The smallest absolute Gasteiger partial charge is 0.235 e. The van der Waals surface area contributed by atoms with Crippen molar-refractivity contribution in [2.45, 2.75) is 6.92 Å². The molecule has 0 atom stereocenters. The second kappa shape index (κ2) is 3.46. The maximum absolute atomic E-state index is 11.4. The van der Waals surface area contributed by atoms with Crippen LogP contribution in [0.15, 0.2) is 23.8 Å². The van der Waals surface area contributed by atoms with Crippen molar-refractivity contribution in [1.29, 1.82) is 0 Å². The zero-order valence-corrected chi connectivity index (χ0v) is 9.97. The van der Waals surface area contributed by atoms with Gasteiger partial charge in [0.15, 0.2) is 5.82 Å². The van der Waals surface area contributed by atoms with Gasteiger partial charge in [-0.3, -0.25) is 0 Å². The van der Waals surface area contributed by atoms with Crippen molar-refractivity contribution < 1.29 is 8.42 Å². The Morgan fingerprint density at radius 3 is 2.73 bits per heavy atom. The number of aryl methyl sites for hydroxylation is 1. The first-order chi connectivity index (χ1) is 7.00. The number of thiophene rings is 1. The summed E-state index contributed by atoms with van der Waals surface area (Å²) in [5.41, 5.74) is 1.04. The normalized spacial score (nSPS) is 11.9. The minimum absolute atomic E-state index is 0.491. The molecule has 80 valence electrons. The number of aromatic nitrogens is 2. The van der Waals surface area contributed by atoms with Gasteiger partial charge in [-0.05, 0) is 23.9 Å². The van der Waals surface area contributed by atoms with Gasteiger partial charge < -0.3 is 0 Å². The lowest BCUT2D eigenvalue weighted by Gasteiger charge is -2.03. The molecular weight excluding hydrogens is 232 g/mol. The van der Waals surface area contributed by atoms with Crippen molar-refractivity contribution in [2.75, 3.05) is 6.26 Å². The first kappa shape index (κ1) is 10.4. The van der Waals surface area contributed by atoms with Crippen molar-refractivity contribution in [2.24, 2.45) is 0 Å². The molecule has 0 bridgehead atoms. The van der Waals surface area contributed by atoms with Crippen molar-refractivity contribution >= 4 is 21.4 Å². The van der Waals surface area contributed by atoms with Crippen molar-refractivity contribution in [3.63, 3.8) is 0 Å². The SMILES string of the molecule is Cc1ccsc1-c1nccn1S(C)(=O)=O. The van der Waals surface area contributed by atoms with Gasteiger partial charge in [0.05, 0.1) is 11.1 Å². The van der Waals surface area contributed by atoms with Gasteiger partial charge >= 0.3 is 0 Å². The molecular formula is C9H10N2O2S2. The third-order valence-electron chi connectivity index (χ3n) is 2.03. The van der Waals surface area contributed by atoms with Crippen molar-refractivity contribution in [1.82, 2.24) is 8.96 Å². The second-order valence-corrected chi connectivity index (χ2v) is 6.02. The van der Waals surface area contributed by atoms with Crippen LogP contribution in [0.2, 0.25) is 0 Å². The van der Waals surface area contributed by atoms with E-state index in [1.165, 1.54) is 34.0 Å². The molecule has 15 heavy (non-hydrogen) atoms. The van der Waals surface area contributed by atoms with Crippen LogP contribution in [0.1, 0.15) is 5.56 Å². The van der Waals surface area contributed by atoms with E-state index in [9.17, 15) is 8.42 Å². The lowest BCUT2D eigenvalue weighted by molar-refractivity contribution is 0.594. The molecule has 0 N–H and O–H groups in total. The Morgan fingerprint density at radius 2 is 2.20 bits per heavy atom. The monoisotopic (exact) mass is 242 g/mol. The number of rotatable bonds is 2. The summed E-state index contributed by atoms with van der Waals surface area (Å²) in [6.07, 6.45) is 4.13.